The van der Waals surface area contributed by atoms with Gasteiger partial charge in [0.2, 0.25) is 5.88 Å². The van der Waals surface area contributed by atoms with Crippen LogP contribution in [0.5, 0.6) is 11.6 Å². The average molecular weight is 387 g/mol. The van der Waals surface area contributed by atoms with E-state index < -0.39 is 6.10 Å². The molecule has 6 nitrogen and oxygen atoms in total. The maximum atomic E-state index is 10.7. The molecule has 4 aromatic rings. The summed E-state index contributed by atoms with van der Waals surface area (Å²) in [6, 6.07) is 18.9. The average Bonchev–Trinajstić information content (AvgIpc) is 3.44. The number of nitrogens with one attached hydrogen (secondary N) is 1. The SMILES string of the molecule is OC(c1ccc(Oc2ncccc2C2CCCO2)cc1)c1nc2ccccc2[nH]1. The smallest absolute Gasteiger partial charge is 0.225 e. The van der Waals surface area contributed by atoms with Gasteiger partial charge < -0.3 is 19.6 Å². The van der Waals surface area contributed by atoms with Gasteiger partial charge in [-0.2, -0.15) is 0 Å². The molecule has 1 aliphatic heterocycles. The topological polar surface area (TPSA) is 80.3 Å². The van der Waals surface area contributed by atoms with E-state index in [0.717, 1.165) is 41.6 Å². The standard InChI is InChI=1S/C23H21N3O3/c27-21(22-25-18-6-1-2-7-19(18)26-22)15-9-11-16(12-10-15)29-23-17(5-3-13-24-23)20-8-4-14-28-20/h1-3,5-7,9-13,20-21,27H,4,8,14H2,(H,25,26). The van der Waals surface area contributed by atoms with Gasteiger partial charge in [0.15, 0.2) is 0 Å². The summed E-state index contributed by atoms with van der Waals surface area (Å²) in [5.41, 5.74) is 3.43. The largest absolute Gasteiger partial charge is 0.439 e. The van der Waals surface area contributed by atoms with E-state index in [0.29, 0.717) is 17.5 Å². The van der Waals surface area contributed by atoms with Crippen molar-refractivity contribution in [1.82, 2.24) is 15.0 Å². The Bertz CT molecular complexity index is 1080. The van der Waals surface area contributed by atoms with Crippen LogP contribution in [0.2, 0.25) is 0 Å². The number of aromatic nitrogens is 3. The Morgan fingerprint density at radius 1 is 1.07 bits per heavy atom. The number of rotatable bonds is 5. The van der Waals surface area contributed by atoms with Gasteiger partial charge in [0.05, 0.1) is 17.1 Å². The lowest BCUT2D eigenvalue weighted by Crippen LogP contribution is -2.02. The molecule has 6 heteroatoms. The third-order valence-corrected chi connectivity index (χ3v) is 5.15. The van der Waals surface area contributed by atoms with Crippen LogP contribution in [0.3, 0.4) is 0 Å². The van der Waals surface area contributed by atoms with Gasteiger partial charge in [-0.3, -0.25) is 0 Å². The van der Waals surface area contributed by atoms with E-state index in [4.69, 9.17) is 9.47 Å². The highest BCUT2D eigenvalue weighted by molar-refractivity contribution is 5.74. The Kier molecular flexibility index (Phi) is 4.71. The number of benzene rings is 2. The maximum Gasteiger partial charge on any atom is 0.225 e. The van der Waals surface area contributed by atoms with Crippen LogP contribution in [0.15, 0.2) is 66.9 Å². The number of ether oxygens (including phenoxy) is 2. The van der Waals surface area contributed by atoms with Crippen molar-refractivity contribution in [3.63, 3.8) is 0 Å². The second-order valence-corrected chi connectivity index (χ2v) is 7.11. The number of hydrogen-bond donors (Lipinski definition) is 2. The highest BCUT2D eigenvalue weighted by Crippen LogP contribution is 2.35. The number of fused-ring (bicyclic) bond motifs is 1. The molecule has 5 rings (SSSR count). The van der Waals surface area contributed by atoms with Gasteiger partial charge in [-0.25, -0.2) is 9.97 Å². The molecule has 2 unspecified atom stereocenters. The number of pyridine rings is 1. The van der Waals surface area contributed by atoms with E-state index in [9.17, 15) is 5.11 Å². The quantitative estimate of drug-likeness (QED) is 0.520. The molecule has 1 aliphatic rings. The Morgan fingerprint density at radius 2 is 1.93 bits per heavy atom. The lowest BCUT2D eigenvalue weighted by Gasteiger charge is -2.15. The van der Waals surface area contributed by atoms with Crippen molar-refractivity contribution in [3.8, 4) is 11.6 Å². The predicted octanol–water partition coefficient (Wildman–Crippen LogP) is 4.68. The molecule has 0 saturated carbocycles. The molecule has 29 heavy (non-hydrogen) atoms. The lowest BCUT2D eigenvalue weighted by atomic mass is 10.1. The van der Waals surface area contributed by atoms with Crippen molar-refractivity contribution < 1.29 is 14.6 Å². The first-order valence-electron chi connectivity index (χ1n) is 9.75. The zero-order valence-electron chi connectivity index (χ0n) is 15.8. The number of aliphatic hydroxyl groups is 1. The number of H-pyrrole nitrogens is 1. The van der Waals surface area contributed by atoms with E-state index in [1.54, 1.807) is 6.20 Å². The fourth-order valence-electron chi connectivity index (χ4n) is 3.65. The summed E-state index contributed by atoms with van der Waals surface area (Å²) in [5.74, 6) is 1.73. The van der Waals surface area contributed by atoms with Gasteiger partial charge in [-0.05, 0) is 54.8 Å². The Morgan fingerprint density at radius 3 is 2.72 bits per heavy atom. The second kappa shape index (κ2) is 7.66. The van der Waals surface area contributed by atoms with Crippen LogP contribution in [-0.4, -0.2) is 26.7 Å². The summed E-state index contributed by atoms with van der Waals surface area (Å²) in [5, 5.41) is 10.7. The highest BCUT2D eigenvalue weighted by atomic mass is 16.5. The highest BCUT2D eigenvalue weighted by Gasteiger charge is 2.22. The molecule has 1 saturated heterocycles. The van der Waals surface area contributed by atoms with Gasteiger partial charge >= 0.3 is 0 Å². The number of imidazole rings is 1. The van der Waals surface area contributed by atoms with Crippen LogP contribution in [0, 0.1) is 0 Å². The molecule has 3 heterocycles. The number of nitrogens with zero attached hydrogens (tertiary/aromatic N) is 2. The second-order valence-electron chi connectivity index (χ2n) is 7.11. The van der Waals surface area contributed by atoms with Crippen molar-refractivity contribution in [2.75, 3.05) is 6.61 Å². The molecule has 2 atom stereocenters. The maximum absolute atomic E-state index is 10.7. The molecular formula is C23H21N3O3. The number of aromatic amines is 1. The van der Waals surface area contributed by atoms with Crippen LogP contribution in [-0.2, 0) is 4.74 Å². The zero-order chi connectivity index (χ0) is 19.6. The van der Waals surface area contributed by atoms with E-state index in [1.807, 2.05) is 60.7 Å². The normalized spacial score (nSPS) is 17.5. The molecular weight excluding hydrogens is 366 g/mol. The summed E-state index contributed by atoms with van der Waals surface area (Å²) >= 11 is 0. The van der Waals surface area contributed by atoms with Crippen molar-refractivity contribution in [3.05, 3.63) is 83.8 Å². The van der Waals surface area contributed by atoms with Crippen LogP contribution in [0.1, 0.15) is 42.0 Å². The monoisotopic (exact) mass is 387 g/mol. The summed E-state index contributed by atoms with van der Waals surface area (Å²) in [4.78, 5) is 12.0. The molecule has 2 aromatic carbocycles. The van der Waals surface area contributed by atoms with Gasteiger partial charge in [0, 0.05) is 18.4 Å². The van der Waals surface area contributed by atoms with Crippen LogP contribution < -0.4 is 4.74 Å². The minimum atomic E-state index is -0.839. The van der Waals surface area contributed by atoms with Crippen molar-refractivity contribution in [2.24, 2.45) is 0 Å². The first-order valence-corrected chi connectivity index (χ1v) is 9.75. The Labute approximate surface area is 168 Å². The van der Waals surface area contributed by atoms with E-state index in [1.165, 1.54) is 0 Å². The predicted molar refractivity (Wildman–Crippen MR) is 109 cm³/mol. The summed E-state index contributed by atoms with van der Waals surface area (Å²) < 4.78 is 11.8. The molecule has 2 N–H and O–H groups in total. The van der Waals surface area contributed by atoms with Crippen LogP contribution in [0.25, 0.3) is 11.0 Å². The molecule has 1 fully saturated rings. The number of aliphatic hydroxyl groups excluding tert-OH is 1. The van der Waals surface area contributed by atoms with Gasteiger partial charge in [-0.1, -0.05) is 24.3 Å². The van der Waals surface area contributed by atoms with E-state index in [-0.39, 0.29) is 6.10 Å². The minimum absolute atomic E-state index is 0.0351. The molecule has 0 spiro atoms. The minimum Gasteiger partial charge on any atom is -0.439 e. The molecule has 146 valence electrons. The molecule has 0 radical (unpaired) electrons. The van der Waals surface area contributed by atoms with Crippen LogP contribution in [0.4, 0.5) is 0 Å². The van der Waals surface area contributed by atoms with Gasteiger partial charge in [0.25, 0.3) is 0 Å². The zero-order valence-corrected chi connectivity index (χ0v) is 15.8. The fraction of sp³-hybridized carbons (Fsp3) is 0.217. The molecule has 2 aromatic heterocycles. The summed E-state index contributed by atoms with van der Waals surface area (Å²) in [6.07, 6.45) is 2.94. The van der Waals surface area contributed by atoms with Gasteiger partial charge in [0.1, 0.15) is 17.7 Å². The third-order valence-electron chi connectivity index (χ3n) is 5.15. The molecule has 0 aliphatic carbocycles. The number of para-hydroxylation sites is 2. The summed E-state index contributed by atoms with van der Waals surface area (Å²) in [7, 11) is 0. The number of hydrogen-bond acceptors (Lipinski definition) is 5. The Balaban J connectivity index is 1.35. The fourth-order valence-corrected chi connectivity index (χ4v) is 3.65. The molecule has 0 amide bonds. The first kappa shape index (κ1) is 17.8. The van der Waals surface area contributed by atoms with Gasteiger partial charge in [-0.15, -0.1) is 0 Å². The Hall–Kier alpha value is -3.22. The third kappa shape index (κ3) is 3.60. The van der Waals surface area contributed by atoms with Crippen molar-refractivity contribution in [1.29, 1.82) is 0 Å². The summed E-state index contributed by atoms with van der Waals surface area (Å²) in [6.45, 7) is 0.771. The molecule has 0 bridgehead atoms. The first-order chi connectivity index (χ1) is 14.3. The van der Waals surface area contributed by atoms with E-state index in [2.05, 4.69) is 15.0 Å². The van der Waals surface area contributed by atoms with Crippen LogP contribution >= 0.6 is 0 Å². The van der Waals surface area contributed by atoms with Crippen molar-refractivity contribution in [2.45, 2.75) is 25.0 Å². The lowest BCUT2D eigenvalue weighted by molar-refractivity contribution is 0.109. The van der Waals surface area contributed by atoms with Crippen molar-refractivity contribution >= 4 is 11.0 Å². The van der Waals surface area contributed by atoms with E-state index >= 15 is 0 Å².